The SMILES string of the molecule is COc1cccc(C(=O)Nc2cccc(-c3cn4ccc(C)cc4n3)c2)c1. The van der Waals surface area contributed by atoms with E-state index in [4.69, 9.17) is 4.74 Å². The topological polar surface area (TPSA) is 55.6 Å². The lowest BCUT2D eigenvalue weighted by Crippen LogP contribution is -2.11. The van der Waals surface area contributed by atoms with Crippen molar-refractivity contribution in [3.05, 3.63) is 84.2 Å². The van der Waals surface area contributed by atoms with Crippen molar-refractivity contribution in [2.24, 2.45) is 0 Å². The van der Waals surface area contributed by atoms with Gasteiger partial charge in [0.05, 0.1) is 12.8 Å². The summed E-state index contributed by atoms with van der Waals surface area (Å²) in [6.07, 6.45) is 3.98. The van der Waals surface area contributed by atoms with Gasteiger partial charge in [0.15, 0.2) is 0 Å². The second-order valence-corrected chi connectivity index (χ2v) is 6.36. The molecule has 5 nitrogen and oxygen atoms in total. The first kappa shape index (κ1) is 16.8. The van der Waals surface area contributed by atoms with E-state index in [0.717, 1.165) is 16.9 Å². The molecule has 0 unspecified atom stereocenters. The smallest absolute Gasteiger partial charge is 0.255 e. The molecule has 5 heteroatoms. The van der Waals surface area contributed by atoms with Gasteiger partial charge >= 0.3 is 0 Å². The number of imidazole rings is 1. The van der Waals surface area contributed by atoms with Gasteiger partial charge < -0.3 is 14.5 Å². The van der Waals surface area contributed by atoms with E-state index in [9.17, 15) is 4.79 Å². The Labute approximate surface area is 157 Å². The Morgan fingerprint density at radius 3 is 2.78 bits per heavy atom. The highest BCUT2D eigenvalue weighted by atomic mass is 16.5. The molecule has 27 heavy (non-hydrogen) atoms. The molecule has 4 rings (SSSR count). The average Bonchev–Trinajstić information content (AvgIpc) is 3.11. The number of pyridine rings is 1. The molecule has 0 aliphatic carbocycles. The number of hydrogen-bond acceptors (Lipinski definition) is 3. The molecule has 0 saturated heterocycles. The summed E-state index contributed by atoms with van der Waals surface area (Å²) in [5.74, 6) is 0.466. The quantitative estimate of drug-likeness (QED) is 0.582. The van der Waals surface area contributed by atoms with Crippen LogP contribution in [0.2, 0.25) is 0 Å². The van der Waals surface area contributed by atoms with Gasteiger partial charge in [0, 0.05) is 29.2 Å². The standard InChI is InChI=1S/C22H19N3O2/c1-15-9-10-25-14-20(24-21(25)11-15)16-5-3-7-18(12-16)23-22(26)17-6-4-8-19(13-17)27-2/h3-14H,1-2H3,(H,23,26). The molecule has 0 bridgehead atoms. The van der Waals surface area contributed by atoms with Crippen LogP contribution in [0.15, 0.2) is 73.1 Å². The predicted octanol–water partition coefficient (Wildman–Crippen LogP) is 4.57. The summed E-state index contributed by atoms with van der Waals surface area (Å²) >= 11 is 0. The van der Waals surface area contributed by atoms with Crippen molar-refractivity contribution in [1.29, 1.82) is 0 Å². The summed E-state index contributed by atoms with van der Waals surface area (Å²) in [6.45, 7) is 2.04. The van der Waals surface area contributed by atoms with E-state index < -0.39 is 0 Å². The highest BCUT2D eigenvalue weighted by Gasteiger charge is 2.09. The third-order valence-corrected chi connectivity index (χ3v) is 4.36. The number of rotatable bonds is 4. The van der Waals surface area contributed by atoms with Crippen LogP contribution >= 0.6 is 0 Å². The maximum atomic E-state index is 12.5. The second kappa shape index (κ2) is 6.96. The average molecular weight is 357 g/mol. The summed E-state index contributed by atoms with van der Waals surface area (Å²) in [4.78, 5) is 17.2. The van der Waals surface area contributed by atoms with E-state index in [2.05, 4.69) is 10.3 Å². The summed E-state index contributed by atoms with van der Waals surface area (Å²) in [5, 5.41) is 2.93. The van der Waals surface area contributed by atoms with Crippen molar-refractivity contribution in [1.82, 2.24) is 9.38 Å². The highest BCUT2D eigenvalue weighted by Crippen LogP contribution is 2.23. The van der Waals surface area contributed by atoms with Gasteiger partial charge in [-0.1, -0.05) is 18.2 Å². The van der Waals surface area contributed by atoms with Gasteiger partial charge in [0.2, 0.25) is 0 Å². The Kier molecular flexibility index (Phi) is 4.34. The molecule has 0 atom stereocenters. The Morgan fingerprint density at radius 1 is 1.07 bits per heavy atom. The summed E-state index contributed by atoms with van der Waals surface area (Å²) in [5.41, 5.74) is 5.13. The third-order valence-electron chi connectivity index (χ3n) is 4.36. The normalized spacial score (nSPS) is 10.7. The van der Waals surface area contributed by atoms with Crippen molar-refractivity contribution in [3.63, 3.8) is 0 Å². The first-order chi connectivity index (χ1) is 13.1. The van der Waals surface area contributed by atoms with Crippen LogP contribution in [-0.2, 0) is 0 Å². The molecule has 2 heterocycles. The lowest BCUT2D eigenvalue weighted by Gasteiger charge is -2.08. The molecule has 1 N–H and O–H groups in total. The van der Waals surface area contributed by atoms with Crippen LogP contribution in [0.25, 0.3) is 16.9 Å². The van der Waals surface area contributed by atoms with Crippen LogP contribution in [0.4, 0.5) is 5.69 Å². The van der Waals surface area contributed by atoms with E-state index in [1.807, 2.05) is 66.2 Å². The largest absolute Gasteiger partial charge is 0.497 e. The number of aromatic nitrogens is 2. The highest BCUT2D eigenvalue weighted by molar-refractivity contribution is 6.04. The monoisotopic (exact) mass is 357 g/mol. The van der Waals surface area contributed by atoms with E-state index in [1.54, 1.807) is 25.3 Å². The number of nitrogens with zero attached hydrogens (tertiary/aromatic N) is 2. The molecular formula is C22H19N3O2. The zero-order chi connectivity index (χ0) is 18.8. The number of carbonyl (C=O) groups excluding carboxylic acids is 1. The van der Waals surface area contributed by atoms with Gasteiger partial charge in [0.25, 0.3) is 5.91 Å². The molecule has 0 fully saturated rings. The van der Waals surface area contributed by atoms with Gasteiger partial charge in [-0.05, 0) is 55.0 Å². The molecular weight excluding hydrogens is 338 g/mol. The van der Waals surface area contributed by atoms with Crippen LogP contribution in [0.1, 0.15) is 15.9 Å². The number of carbonyl (C=O) groups is 1. The fraction of sp³-hybridized carbons (Fsp3) is 0.0909. The molecule has 0 radical (unpaired) electrons. The van der Waals surface area contributed by atoms with Crippen LogP contribution in [0.5, 0.6) is 5.75 Å². The molecule has 4 aromatic rings. The summed E-state index contributed by atoms with van der Waals surface area (Å²) in [6, 6.07) is 18.8. The van der Waals surface area contributed by atoms with Crippen molar-refractivity contribution in [2.75, 3.05) is 12.4 Å². The number of ether oxygens (including phenoxy) is 1. The minimum Gasteiger partial charge on any atom is -0.497 e. The van der Waals surface area contributed by atoms with Gasteiger partial charge in [0.1, 0.15) is 11.4 Å². The van der Waals surface area contributed by atoms with E-state index in [-0.39, 0.29) is 5.91 Å². The molecule has 0 saturated carbocycles. The Bertz CT molecular complexity index is 1130. The molecule has 2 aromatic carbocycles. The molecule has 134 valence electrons. The summed E-state index contributed by atoms with van der Waals surface area (Å²) < 4.78 is 7.17. The van der Waals surface area contributed by atoms with Crippen molar-refractivity contribution < 1.29 is 9.53 Å². The number of aryl methyl sites for hydroxylation is 1. The zero-order valence-electron chi connectivity index (χ0n) is 15.1. The molecule has 1 amide bonds. The zero-order valence-corrected chi connectivity index (χ0v) is 15.1. The number of fused-ring (bicyclic) bond motifs is 1. The first-order valence-corrected chi connectivity index (χ1v) is 8.63. The lowest BCUT2D eigenvalue weighted by molar-refractivity contribution is 0.102. The van der Waals surface area contributed by atoms with Gasteiger partial charge in [-0.25, -0.2) is 4.98 Å². The van der Waals surface area contributed by atoms with E-state index >= 15 is 0 Å². The van der Waals surface area contributed by atoms with Crippen LogP contribution in [-0.4, -0.2) is 22.4 Å². The van der Waals surface area contributed by atoms with Crippen molar-refractivity contribution in [2.45, 2.75) is 6.92 Å². The Morgan fingerprint density at radius 2 is 1.93 bits per heavy atom. The predicted molar refractivity (Wildman–Crippen MR) is 106 cm³/mol. The van der Waals surface area contributed by atoms with Gasteiger partial charge in [-0.2, -0.15) is 0 Å². The fourth-order valence-corrected chi connectivity index (χ4v) is 2.95. The number of methoxy groups -OCH3 is 1. The third kappa shape index (κ3) is 3.53. The number of amides is 1. The lowest BCUT2D eigenvalue weighted by atomic mass is 10.1. The minimum absolute atomic E-state index is 0.184. The number of benzene rings is 2. The van der Waals surface area contributed by atoms with Crippen LogP contribution in [0, 0.1) is 6.92 Å². The van der Waals surface area contributed by atoms with Gasteiger partial charge in [-0.3, -0.25) is 4.79 Å². The molecule has 0 spiro atoms. The molecule has 2 aromatic heterocycles. The van der Waals surface area contributed by atoms with Crippen molar-refractivity contribution in [3.8, 4) is 17.0 Å². The first-order valence-electron chi connectivity index (χ1n) is 8.63. The number of nitrogens with one attached hydrogen (secondary N) is 1. The Balaban J connectivity index is 1.60. The van der Waals surface area contributed by atoms with E-state index in [1.165, 1.54) is 5.56 Å². The Hall–Kier alpha value is -3.60. The van der Waals surface area contributed by atoms with E-state index in [0.29, 0.717) is 17.0 Å². The van der Waals surface area contributed by atoms with Crippen molar-refractivity contribution >= 4 is 17.2 Å². The minimum atomic E-state index is -0.184. The maximum absolute atomic E-state index is 12.5. The summed E-state index contributed by atoms with van der Waals surface area (Å²) in [7, 11) is 1.58. The fourth-order valence-electron chi connectivity index (χ4n) is 2.95. The molecule has 0 aliphatic rings. The van der Waals surface area contributed by atoms with Gasteiger partial charge in [-0.15, -0.1) is 0 Å². The number of anilines is 1. The number of hydrogen-bond donors (Lipinski definition) is 1. The second-order valence-electron chi connectivity index (χ2n) is 6.36. The van der Waals surface area contributed by atoms with Crippen LogP contribution in [0.3, 0.4) is 0 Å². The van der Waals surface area contributed by atoms with Crippen LogP contribution < -0.4 is 10.1 Å². The maximum Gasteiger partial charge on any atom is 0.255 e. The molecule has 0 aliphatic heterocycles.